The van der Waals surface area contributed by atoms with Crippen LogP contribution in [0.4, 0.5) is 0 Å². The van der Waals surface area contributed by atoms with Crippen LogP contribution < -0.4 is 9.47 Å². The second-order valence-corrected chi connectivity index (χ2v) is 6.28. The van der Waals surface area contributed by atoms with E-state index in [1.165, 1.54) is 25.5 Å². The lowest BCUT2D eigenvalue weighted by molar-refractivity contribution is -0.134. The standard InChI is InChI=1S/C21H22O5/c1-13-5-6-17(9-14(13)2)10-19(24)11-18-7-8-20(25-15(3)22)21(12-18)26-16(4)23/h5-9,12H,10-11H2,1-4H3. The summed E-state index contributed by atoms with van der Waals surface area (Å²) in [5.41, 5.74) is 3.99. The number of hydrogen-bond donors (Lipinski definition) is 0. The van der Waals surface area contributed by atoms with Crippen molar-refractivity contribution in [3.05, 3.63) is 58.7 Å². The van der Waals surface area contributed by atoms with E-state index in [1.54, 1.807) is 12.1 Å². The van der Waals surface area contributed by atoms with Gasteiger partial charge in [0.1, 0.15) is 5.78 Å². The molecule has 2 aromatic carbocycles. The predicted molar refractivity (Wildman–Crippen MR) is 97.4 cm³/mol. The van der Waals surface area contributed by atoms with Crippen molar-refractivity contribution in [3.63, 3.8) is 0 Å². The van der Waals surface area contributed by atoms with E-state index in [1.807, 2.05) is 32.0 Å². The van der Waals surface area contributed by atoms with Gasteiger partial charge in [0.05, 0.1) is 0 Å². The molecule has 0 amide bonds. The lowest BCUT2D eigenvalue weighted by Crippen LogP contribution is -2.10. The molecular weight excluding hydrogens is 332 g/mol. The molecule has 0 heterocycles. The minimum absolute atomic E-state index is 0.0438. The van der Waals surface area contributed by atoms with Gasteiger partial charge in [-0.2, -0.15) is 0 Å². The summed E-state index contributed by atoms with van der Waals surface area (Å²) < 4.78 is 10.1. The molecule has 2 rings (SSSR count). The number of benzene rings is 2. The fourth-order valence-electron chi connectivity index (χ4n) is 2.57. The zero-order valence-electron chi connectivity index (χ0n) is 15.4. The van der Waals surface area contributed by atoms with Crippen LogP contribution in [0.25, 0.3) is 0 Å². The van der Waals surface area contributed by atoms with Crippen molar-refractivity contribution in [1.29, 1.82) is 0 Å². The molecule has 0 aliphatic rings. The van der Waals surface area contributed by atoms with Crippen molar-refractivity contribution in [2.24, 2.45) is 0 Å². The molecule has 0 aromatic heterocycles. The van der Waals surface area contributed by atoms with E-state index in [2.05, 4.69) is 0 Å². The molecule has 5 nitrogen and oxygen atoms in total. The van der Waals surface area contributed by atoms with Crippen LogP contribution in [-0.4, -0.2) is 17.7 Å². The molecule has 0 atom stereocenters. The maximum Gasteiger partial charge on any atom is 0.308 e. The van der Waals surface area contributed by atoms with Gasteiger partial charge in [0.2, 0.25) is 0 Å². The monoisotopic (exact) mass is 354 g/mol. The highest BCUT2D eigenvalue weighted by atomic mass is 16.6. The summed E-state index contributed by atoms with van der Waals surface area (Å²) in [6, 6.07) is 10.7. The molecule has 26 heavy (non-hydrogen) atoms. The number of ketones is 1. The SMILES string of the molecule is CC(=O)Oc1ccc(CC(=O)Cc2ccc(C)c(C)c2)cc1OC(C)=O. The molecule has 0 saturated carbocycles. The fraction of sp³-hybridized carbons (Fsp3) is 0.286. The fourth-order valence-corrected chi connectivity index (χ4v) is 2.57. The number of carbonyl (C=O) groups is 3. The summed E-state index contributed by atoms with van der Waals surface area (Å²) in [6.07, 6.45) is 0.525. The number of carbonyl (C=O) groups excluding carboxylic acids is 3. The molecule has 0 aliphatic heterocycles. The lowest BCUT2D eigenvalue weighted by Gasteiger charge is -2.10. The Morgan fingerprint density at radius 2 is 1.27 bits per heavy atom. The van der Waals surface area contributed by atoms with Crippen LogP contribution in [0.15, 0.2) is 36.4 Å². The highest BCUT2D eigenvalue weighted by molar-refractivity contribution is 5.83. The zero-order valence-corrected chi connectivity index (χ0v) is 15.4. The summed E-state index contributed by atoms with van der Waals surface area (Å²) in [4.78, 5) is 34.8. The first kappa shape index (κ1) is 19.4. The molecule has 0 fully saturated rings. The Morgan fingerprint density at radius 3 is 1.85 bits per heavy atom. The van der Waals surface area contributed by atoms with Crippen LogP contribution in [0.3, 0.4) is 0 Å². The predicted octanol–water partition coefficient (Wildman–Crippen LogP) is 3.51. The van der Waals surface area contributed by atoms with Crippen LogP contribution in [-0.2, 0) is 27.2 Å². The molecule has 0 spiro atoms. The summed E-state index contributed by atoms with van der Waals surface area (Å²) >= 11 is 0. The van der Waals surface area contributed by atoms with Gasteiger partial charge in [-0.05, 0) is 48.2 Å². The van der Waals surface area contributed by atoms with Gasteiger partial charge in [0.25, 0.3) is 0 Å². The number of ether oxygens (including phenoxy) is 2. The van der Waals surface area contributed by atoms with Crippen molar-refractivity contribution >= 4 is 17.7 Å². The van der Waals surface area contributed by atoms with Gasteiger partial charge in [0, 0.05) is 26.7 Å². The van der Waals surface area contributed by atoms with E-state index in [-0.39, 0.29) is 23.7 Å². The first-order valence-corrected chi connectivity index (χ1v) is 8.32. The largest absolute Gasteiger partial charge is 0.423 e. The average Bonchev–Trinajstić information content (AvgIpc) is 2.52. The molecule has 136 valence electrons. The topological polar surface area (TPSA) is 69.7 Å². The van der Waals surface area contributed by atoms with E-state index in [0.29, 0.717) is 12.0 Å². The molecule has 5 heteroatoms. The molecule has 2 aromatic rings. The van der Waals surface area contributed by atoms with E-state index in [4.69, 9.17) is 9.47 Å². The lowest BCUT2D eigenvalue weighted by atomic mass is 9.99. The second kappa shape index (κ2) is 8.43. The van der Waals surface area contributed by atoms with Crippen molar-refractivity contribution < 1.29 is 23.9 Å². The maximum atomic E-state index is 12.4. The van der Waals surface area contributed by atoms with Gasteiger partial charge in [0.15, 0.2) is 11.5 Å². The highest BCUT2D eigenvalue weighted by Gasteiger charge is 2.13. The van der Waals surface area contributed by atoms with Crippen LogP contribution in [0.2, 0.25) is 0 Å². The quantitative estimate of drug-likeness (QED) is 0.586. The average molecular weight is 354 g/mol. The number of esters is 2. The van der Waals surface area contributed by atoms with Crippen LogP contribution >= 0.6 is 0 Å². The Morgan fingerprint density at radius 1 is 0.731 bits per heavy atom. The third kappa shape index (κ3) is 5.55. The summed E-state index contributed by atoms with van der Waals surface area (Å²) in [6.45, 7) is 6.57. The Labute approximate surface area is 152 Å². The zero-order chi connectivity index (χ0) is 19.3. The van der Waals surface area contributed by atoms with Gasteiger partial charge < -0.3 is 9.47 Å². The first-order chi connectivity index (χ1) is 12.2. The van der Waals surface area contributed by atoms with Crippen molar-refractivity contribution in [3.8, 4) is 11.5 Å². The van der Waals surface area contributed by atoms with E-state index in [9.17, 15) is 14.4 Å². The molecule has 0 bridgehead atoms. The Balaban J connectivity index is 2.14. The van der Waals surface area contributed by atoms with Crippen LogP contribution in [0.1, 0.15) is 36.1 Å². The molecule has 0 N–H and O–H groups in total. The Hall–Kier alpha value is -2.95. The first-order valence-electron chi connectivity index (χ1n) is 8.32. The summed E-state index contributed by atoms with van der Waals surface area (Å²) in [5, 5.41) is 0. The van der Waals surface area contributed by atoms with Crippen molar-refractivity contribution in [2.75, 3.05) is 0 Å². The number of hydrogen-bond acceptors (Lipinski definition) is 5. The van der Waals surface area contributed by atoms with Crippen LogP contribution in [0.5, 0.6) is 11.5 Å². The van der Waals surface area contributed by atoms with Gasteiger partial charge in [-0.1, -0.05) is 24.3 Å². The minimum Gasteiger partial charge on any atom is -0.423 e. The Bertz CT molecular complexity index is 851. The van der Waals surface area contributed by atoms with Gasteiger partial charge in [-0.25, -0.2) is 0 Å². The maximum absolute atomic E-state index is 12.4. The smallest absolute Gasteiger partial charge is 0.308 e. The third-order valence-electron chi connectivity index (χ3n) is 3.89. The number of aryl methyl sites for hydroxylation is 2. The molecule has 0 saturated heterocycles. The second-order valence-electron chi connectivity index (χ2n) is 6.28. The molecular formula is C21H22O5. The molecule has 0 aliphatic carbocycles. The van der Waals surface area contributed by atoms with Gasteiger partial charge in [-0.3, -0.25) is 14.4 Å². The third-order valence-corrected chi connectivity index (χ3v) is 3.89. The van der Waals surface area contributed by atoms with Gasteiger partial charge >= 0.3 is 11.9 Å². The van der Waals surface area contributed by atoms with Crippen molar-refractivity contribution in [2.45, 2.75) is 40.5 Å². The van der Waals surface area contributed by atoms with E-state index < -0.39 is 11.9 Å². The number of rotatable bonds is 6. The normalized spacial score (nSPS) is 10.3. The van der Waals surface area contributed by atoms with Crippen molar-refractivity contribution in [1.82, 2.24) is 0 Å². The highest BCUT2D eigenvalue weighted by Crippen LogP contribution is 2.29. The van der Waals surface area contributed by atoms with E-state index >= 15 is 0 Å². The molecule has 0 unspecified atom stereocenters. The molecule has 0 radical (unpaired) electrons. The number of Topliss-reactive ketones (excluding diaryl/α,β-unsaturated/α-hetero) is 1. The van der Waals surface area contributed by atoms with Gasteiger partial charge in [-0.15, -0.1) is 0 Å². The summed E-state index contributed by atoms with van der Waals surface area (Å²) in [5.74, 6) is -0.724. The minimum atomic E-state index is -0.531. The summed E-state index contributed by atoms with van der Waals surface area (Å²) in [7, 11) is 0. The Kier molecular flexibility index (Phi) is 6.28. The van der Waals surface area contributed by atoms with E-state index in [0.717, 1.165) is 11.1 Å². The van der Waals surface area contributed by atoms with Crippen LogP contribution in [0, 0.1) is 13.8 Å².